The molecule has 2 atom stereocenters. The van der Waals surface area contributed by atoms with E-state index >= 15 is 0 Å². The van der Waals surface area contributed by atoms with E-state index < -0.39 is 0 Å². The Labute approximate surface area is 126 Å². The number of H-pyrrole nitrogens is 1. The van der Waals surface area contributed by atoms with Crippen molar-refractivity contribution in [2.45, 2.75) is 37.0 Å². The van der Waals surface area contributed by atoms with Gasteiger partial charge in [-0.25, -0.2) is 0 Å². The van der Waals surface area contributed by atoms with Crippen molar-refractivity contribution in [3.63, 3.8) is 0 Å². The molecule has 0 spiro atoms. The monoisotopic (exact) mass is 311 g/mol. The fourth-order valence-corrected chi connectivity index (χ4v) is 4.60. The van der Waals surface area contributed by atoms with Crippen molar-refractivity contribution in [2.24, 2.45) is 0 Å². The summed E-state index contributed by atoms with van der Waals surface area (Å²) < 4.78 is 3.00. The maximum Gasteiger partial charge on any atom is 0.195 e. The van der Waals surface area contributed by atoms with Gasteiger partial charge in [0.1, 0.15) is 0 Å². The van der Waals surface area contributed by atoms with Crippen molar-refractivity contribution in [1.82, 2.24) is 14.8 Å². The van der Waals surface area contributed by atoms with Gasteiger partial charge in [-0.05, 0) is 49.2 Å². The minimum atomic E-state index is 0.495. The van der Waals surface area contributed by atoms with Crippen LogP contribution in [0.25, 0.3) is 10.7 Å². The molecule has 1 fully saturated rings. The highest BCUT2D eigenvalue weighted by Crippen LogP contribution is 2.36. The molecule has 2 aromatic heterocycles. The van der Waals surface area contributed by atoms with Gasteiger partial charge in [0.15, 0.2) is 10.6 Å². The van der Waals surface area contributed by atoms with Gasteiger partial charge in [-0.1, -0.05) is 12.5 Å². The summed E-state index contributed by atoms with van der Waals surface area (Å²) in [4.78, 5) is 1.19. The molecule has 0 saturated heterocycles. The normalized spacial score (nSPS) is 23.6. The first-order valence-electron chi connectivity index (χ1n) is 6.53. The topological polar surface area (TPSA) is 33.6 Å². The van der Waals surface area contributed by atoms with Crippen molar-refractivity contribution in [2.75, 3.05) is 6.26 Å². The lowest BCUT2D eigenvalue weighted by Crippen LogP contribution is -2.21. The van der Waals surface area contributed by atoms with Gasteiger partial charge in [0.05, 0.1) is 4.88 Å². The number of hydrogen-bond acceptors (Lipinski definition) is 4. The second-order valence-electron chi connectivity index (χ2n) is 4.88. The van der Waals surface area contributed by atoms with E-state index in [9.17, 15) is 0 Å². The van der Waals surface area contributed by atoms with Crippen LogP contribution in [-0.4, -0.2) is 26.3 Å². The van der Waals surface area contributed by atoms with Gasteiger partial charge >= 0.3 is 0 Å². The number of rotatable bonds is 3. The lowest BCUT2D eigenvalue weighted by molar-refractivity contribution is 0.360. The minimum Gasteiger partial charge on any atom is -0.296 e. The predicted octanol–water partition coefficient (Wildman–Crippen LogP) is 4.52. The molecule has 1 aliphatic rings. The van der Waals surface area contributed by atoms with Gasteiger partial charge in [-0.15, -0.1) is 11.3 Å². The second-order valence-corrected chi connectivity index (χ2v) is 7.35. The van der Waals surface area contributed by atoms with Gasteiger partial charge in [-0.2, -0.15) is 16.9 Å². The maximum atomic E-state index is 5.45. The summed E-state index contributed by atoms with van der Waals surface area (Å²) in [7, 11) is 0. The van der Waals surface area contributed by atoms with E-state index in [0.717, 1.165) is 15.8 Å². The summed E-state index contributed by atoms with van der Waals surface area (Å²) in [5, 5.41) is 10.2. The van der Waals surface area contributed by atoms with Crippen molar-refractivity contribution in [3.05, 3.63) is 22.3 Å². The molecule has 3 rings (SSSR count). The lowest BCUT2D eigenvalue weighted by Gasteiger charge is -2.29. The molecular weight excluding hydrogens is 294 g/mol. The molecule has 3 nitrogen and oxygen atoms in total. The van der Waals surface area contributed by atoms with Gasteiger partial charge in [0.25, 0.3) is 0 Å². The van der Waals surface area contributed by atoms with Gasteiger partial charge in [-0.3, -0.25) is 9.67 Å². The first-order valence-corrected chi connectivity index (χ1v) is 9.10. The summed E-state index contributed by atoms with van der Waals surface area (Å²) in [5.74, 6) is 1.01. The Morgan fingerprint density at radius 2 is 2.42 bits per heavy atom. The van der Waals surface area contributed by atoms with E-state index in [-0.39, 0.29) is 0 Å². The standard InChI is InChI=1S/C13H17N3S3/c1-18-10-5-2-4-9(8-10)16-12(14-15-13(16)17)11-6-3-7-19-11/h3,6-7,9-10H,2,4-5,8H2,1H3,(H,15,17). The zero-order chi connectivity index (χ0) is 13.2. The molecule has 2 aromatic rings. The fourth-order valence-electron chi connectivity index (χ4n) is 2.79. The zero-order valence-corrected chi connectivity index (χ0v) is 13.3. The molecular formula is C13H17N3S3. The Hall–Kier alpha value is -0.590. The van der Waals surface area contributed by atoms with Crippen LogP contribution < -0.4 is 0 Å². The third kappa shape index (κ3) is 2.66. The van der Waals surface area contributed by atoms with Crippen LogP contribution in [-0.2, 0) is 0 Å². The van der Waals surface area contributed by atoms with Gasteiger partial charge in [0.2, 0.25) is 0 Å². The van der Waals surface area contributed by atoms with E-state index in [1.54, 1.807) is 11.3 Å². The van der Waals surface area contributed by atoms with Crippen molar-refractivity contribution in [1.29, 1.82) is 0 Å². The molecule has 2 unspecified atom stereocenters. The molecule has 0 aliphatic heterocycles. The Balaban J connectivity index is 1.96. The molecule has 0 bridgehead atoms. The van der Waals surface area contributed by atoms with Crippen LogP contribution in [0.3, 0.4) is 0 Å². The Morgan fingerprint density at radius 3 is 3.16 bits per heavy atom. The summed E-state index contributed by atoms with van der Waals surface area (Å²) in [5.41, 5.74) is 0. The van der Waals surface area contributed by atoms with E-state index in [1.165, 1.54) is 30.6 Å². The van der Waals surface area contributed by atoms with Gasteiger partial charge in [0, 0.05) is 11.3 Å². The smallest absolute Gasteiger partial charge is 0.195 e. The first-order chi connectivity index (χ1) is 9.29. The van der Waals surface area contributed by atoms with Crippen molar-refractivity contribution in [3.8, 4) is 10.7 Å². The van der Waals surface area contributed by atoms with Crippen LogP contribution in [0, 0.1) is 4.77 Å². The molecule has 1 aliphatic carbocycles. The maximum absolute atomic E-state index is 5.45. The molecule has 0 amide bonds. The summed E-state index contributed by atoms with van der Waals surface area (Å²) in [6, 6.07) is 4.67. The number of thiophene rings is 1. The third-order valence-electron chi connectivity index (χ3n) is 3.74. The van der Waals surface area contributed by atoms with E-state index in [0.29, 0.717) is 6.04 Å². The van der Waals surface area contributed by atoms with Crippen LogP contribution in [0.15, 0.2) is 17.5 Å². The summed E-state index contributed by atoms with van der Waals surface area (Å²) in [6.45, 7) is 0. The number of aromatic nitrogens is 3. The molecule has 1 saturated carbocycles. The predicted molar refractivity (Wildman–Crippen MR) is 85.5 cm³/mol. The molecule has 0 aromatic carbocycles. The zero-order valence-electron chi connectivity index (χ0n) is 10.8. The third-order valence-corrected chi connectivity index (χ3v) is 5.99. The van der Waals surface area contributed by atoms with E-state index in [2.05, 4.69) is 38.5 Å². The number of hydrogen-bond donors (Lipinski definition) is 1. The minimum absolute atomic E-state index is 0.495. The molecule has 0 radical (unpaired) electrons. The van der Waals surface area contributed by atoms with Gasteiger partial charge < -0.3 is 0 Å². The van der Waals surface area contributed by atoms with E-state index in [1.807, 2.05) is 11.8 Å². The van der Waals surface area contributed by atoms with Crippen molar-refractivity contribution >= 4 is 35.3 Å². The highest BCUT2D eigenvalue weighted by Gasteiger charge is 2.25. The average molecular weight is 312 g/mol. The number of nitrogens with zero attached hydrogens (tertiary/aromatic N) is 2. The van der Waals surface area contributed by atoms with Crippen LogP contribution in [0.5, 0.6) is 0 Å². The molecule has 19 heavy (non-hydrogen) atoms. The van der Waals surface area contributed by atoms with Crippen molar-refractivity contribution < 1.29 is 0 Å². The largest absolute Gasteiger partial charge is 0.296 e. The average Bonchev–Trinajstić information content (AvgIpc) is 3.07. The lowest BCUT2D eigenvalue weighted by atomic mass is 9.94. The fraction of sp³-hybridized carbons (Fsp3) is 0.538. The number of thioether (sulfide) groups is 1. The Kier molecular flexibility index (Phi) is 4.10. The van der Waals surface area contributed by atoms with E-state index in [4.69, 9.17) is 12.2 Å². The number of aromatic amines is 1. The van der Waals surface area contributed by atoms with Crippen LogP contribution in [0.4, 0.5) is 0 Å². The molecule has 1 N–H and O–H groups in total. The van der Waals surface area contributed by atoms with Crippen LogP contribution >= 0.6 is 35.3 Å². The van der Waals surface area contributed by atoms with Crippen LogP contribution in [0.2, 0.25) is 0 Å². The molecule has 6 heteroatoms. The highest BCUT2D eigenvalue weighted by molar-refractivity contribution is 7.99. The SMILES string of the molecule is CSC1CCCC(n2c(-c3cccs3)n[nH]c2=S)C1. The second kappa shape index (κ2) is 5.81. The Bertz CT molecular complexity index is 585. The molecule has 2 heterocycles. The molecule has 102 valence electrons. The summed E-state index contributed by atoms with van der Waals surface area (Å²) >= 11 is 9.15. The highest BCUT2D eigenvalue weighted by atomic mass is 32.2. The summed E-state index contributed by atoms with van der Waals surface area (Å²) in [6.07, 6.45) is 7.24. The first kappa shape index (κ1) is 13.4. The number of nitrogens with one attached hydrogen (secondary N) is 1. The quantitative estimate of drug-likeness (QED) is 0.846. The Morgan fingerprint density at radius 1 is 1.53 bits per heavy atom. The van der Waals surface area contributed by atoms with Crippen LogP contribution in [0.1, 0.15) is 31.7 Å².